The van der Waals surface area contributed by atoms with Crippen LogP contribution >= 0.6 is 22.7 Å². The van der Waals surface area contributed by atoms with Crippen LogP contribution in [0.2, 0.25) is 0 Å². The van der Waals surface area contributed by atoms with Gasteiger partial charge in [0.1, 0.15) is 5.82 Å². The van der Waals surface area contributed by atoms with Crippen molar-refractivity contribution in [3.8, 4) is 0 Å². The lowest BCUT2D eigenvalue weighted by Gasteiger charge is -2.16. The number of pyridine rings is 1. The Bertz CT molecular complexity index is 1820. The number of aromatic amines is 2. The Morgan fingerprint density at radius 2 is 1.08 bits per heavy atom. The summed E-state index contributed by atoms with van der Waals surface area (Å²) in [6.07, 6.45) is 17.6. The van der Waals surface area contributed by atoms with Crippen molar-refractivity contribution in [2.45, 2.75) is 172 Å². The van der Waals surface area contributed by atoms with Crippen molar-refractivity contribution in [1.29, 1.82) is 0 Å². The van der Waals surface area contributed by atoms with E-state index in [1.54, 1.807) is 78.4 Å². The highest BCUT2D eigenvalue weighted by molar-refractivity contribution is 7.09. The average molecular weight is 928 g/mol. The minimum Gasteiger partial charge on any atom is -0.286 e. The summed E-state index contributed by atoms with van der Waals surface area (Å²) < 4.78 is 0. The molecule has 0 saturated heterocycles. The van der Waals surface area contributed by atoms with Crippen LogP contribution < -0.4 is 0 Å². The summed E-state index contributed by atoms with van der Waals surface area (Å²) in [5, 5.41) is 18.2. The molecule has 0 aliphatic heterocycles. The Morgan fingerprint density at radius 3 is 1.31 bits per heavy atom. The highest BCUT2D eigenvalue weighted by Crippen LogP contribution is 2.22. The van der Waals surface area contributed by atoms with Crippen LogP contribution in [0.15, 0.2) is 115 Å². The van der Waals surface area contributed by atoms with Crippen LogP contribution in [-0.4, -0.2) is 55.3 Å². The molecular formula is C52H85N11S2. The lowest BCUT2D eigenvalue weighted by atomic mass is 9.92. The molecule has 0 fully saturated rings. The molecule has 360 valence electrons. The topological polar surface area (TPSA) is 148 Å². The van der Waals surface area contributed by atoms with Gasteiger partial charge in [-0.1, -0.05) is 145 Å². The molecule has 0 aromatic carbocycles. The molecule has 0 radical (unpaired) electrons. The molecule has 65 heavy (non-hydrogen) atoms. The Kier molecular flexibility index (Phi) is 31.1. The Labute approximate surface area is 402 Å². The zero-order chi connectivity index (χ0) is 50.2. The van der Waals surface area contributed by atoms with Gasteiger partial charge in [0.05, 0.1) is 21.9 Å². The number of nitrogens with zero attached hydrogens (tertiary/aromatic N) is 9. The van der Waals surface area contributed by atoms with Gasteiger partial charge in [-0.15, -0.1) is 22.7 Å². The van der Waals surface area contributed by atoms with E-state index < -0.39 is 0 Å². The molecular weight excluding hydrogens is 843 g/mol. The molecule has 7 aromatic rings. The molecule has 7 heterocycles. The van der Waals surface area contributed by atoms with E-state index in [1.165, 1.54) is 11.4 Å². The monoisotopic (exact) mass is 928 g/mol. The maximum absolute atomic E-state index is 4.25. The fraction of sp³-hybridized carbons (Fsp3) is 0.519. The van der Waals surface area contributed by atoms with Crippen LogP contribution in [0.3, 0.4) is 0 Å². The van der Waals surface area contributed by atoms with E-state index in [9.17, 15) is 0 Å². The zero-order valence-corrected chi connectivity index (χ0v) is 45.5. The van der Waals surface area contributed by atoms with Crippen LogP contribution in [0.1, 0.15) is 172 Å². The number of rotatable bonds is 0. The summed E-state index contributed by atoms with van der Waals surface area (Å²) in [6.45, 7) is 44.6. The first kappa shape index (κ1) is 62.1. The number of H-pyrrole nitrogens is 2. The number of aryl methyl sites for hydroxylation is 1. The quantitative estimate of drug-likeness (QED) is 0.152. The maximum Gasteiger partial charge on any atom is 0.133 e. The third kappa shape index (κ3) is 34.1. The standard InChI is InChI=1S/C9H13N.2C8H12N2.C7H12N2.C7H11NS.C4H5NS.C4H10.C3H4N2.C2H6/c1-9(2,3)8-6-4-5-7-10-8;1-8(2,3)7-6-9-4-5-10-7;1-8(2,3)7-9-5-4-6-10-7;1-7(2,3)6-4-5-8-9-6;1-7(2,3)6-4-9-5-8-6;1-4-5-2-3-6-4;1-4(2)3;1-2-4-5-3-1;1-2/h4-7H,1-3H3;2*4-6H,1-3H3;4-5H,1-3H3,(H,8,9);4-5H,1-3H3;2-3H,1H3;4H,1-3H3;1-3H,(H,4,5);1-2H3. The van der Waals surface area contributed by atoms with Gasteiger partial charge in [0, 0.05) is 111 Å². The molecule has 7 aromatic heterocycles. The Morgan fingerprint density at radius 1 is 0.508 bits per heavy atom. The van der Waals surface area contributed by atoms with E-state index in [0.29, 0.717) is 0 Å². The first-order chi connectivity index (χ1) is 30.2. The fourth-order valence-electron chi connectivity index (χ4n) is 3.95. The van der Waals surface area contributed by atoms with Gasteiger partial charge in [0.2, 0.25) is 0 Å². The lowest BCUT2D eigenvalue weighted by molar-refractivity contribution is 0.545. The molecule has 11 nitrogen and oxygen atoms in total. The van der Waals surface area contributed by atoms with Crippen LogP contribution in [0.4, 0.5) is 0 Å². The van der Waals surface area contributed by atoms with Crippen molar-refractivity contribution < 1.29 is 0 Å². The van der Waals surface area contributed by atoms with Crippen LogP contribution in [0.25, 0.3) is 0 Å². The van der Waals surface area contributed by atoms with E-state index in [2.05, 4.69) is 191 Å². The summed E-state index contributed by atoms with van der Waals surface area (Å²) in [6, 6.07) is 11.7. The zero-order valence-electron chi connectivity index (χ0n) is 43.9. The van der Waals surface area contributed by atoms with E-state index in [0.717, 1.165) is 28.1 Å². The number of aromatic nitrogens is 11. The average Bonchev–Trinajstić information content (AvgIpc) is 4.09. The summed E-state index contributed by atoms with van der Waals surface area (Å²) in [5.41, 5.74) is 7.23. The third-order valence-electron chi connectivity index (χ3n) is 7.47. The third-order valence-corrected chi connectivity index (χ3v) is 8.76. The van der Waals surface area contributed by atoms with Crippen LogP contribution in [0.5, 0.6) is 0 Å². The fourth-order valence-corrected chi connectivity index (χ4v) is 5.16. The second-order valence-electron chi connectivity index (χ2n) is 20.0. The molecule has 7 rings (SSSR count). The maximum atomic E-state index is 4.25. The van der Waals surface area contributed by atoms with E-state index in [1.807, 2.05) is 68.2 Å². The smallest absolute Gasteiger partial charge is 0.133 e. The summed E-state index contributed by atoms with van der Waals surface area (Å²) in [7, 11) is 0. The van der Waals surface area contributed by atoms with Gasteiger partial charge in [0.15, 0.2) is 0 Å². The van der Waals surface area contributed by atoms with Crippen LogP contribution in [-0.2, 0) is 27.1 Å². The van der Waals surface area contributed by atoms with Crippen molar-refractivity contribution in [2.75, 3.05) is 0 Å². The van der Waals surface area contributed by atoms with Gasteiger partial charge in [-0.2, -0.15) is 10.2 Å². The molecule has 0 spiro atoms. The minimum atomic E-state index is 0.0707. The van der Waals surface area contributed by atoms with Gasteiger partial charge < -0.3 is 0 Å². The normalized spacial score (nSPS) is 10.7. The van der Waals surface area contributed by atoms with Gasteiger partial charge in [-0.25, -0.2) is 15.0 Å². The number of thiazole rings is 2. The number of nitrogens with one attached hydrogen (secondary N) is 2. The molecule has 0 unspecified atom stereocenters. The molecule has 13 heteroatoms. The number of hydrogen-bond donors (Lipinski definition) is 2. The lowest BCUT2D eigenvalue weighted by Crippen LogP contribution is -2.14. The largest absolute Gasteiger partial charge is 0.286 e. The van der Waals surface area contributed by atoms with Crippen molar-refractivity contribution in [1.82, 2.24) is 55.3 Å². The Balaban J connectivity index is 0. The van der Waals surface area contributed by atoms with Gasteiger partial charge >= 0.3 is 0 Å². The van der Waals surface area contributed by atoms with Crippen molar-refractivity contribution in [3.05, 3.63) is 148 Å². The van der Waals surface area contributed by atoms with E-state index in [-0.39, 0.29) is 27.1 Å². The molecule has 0 aliphatic rings. The highest BCUT2D eigenvalue weighted by atomic mass is 32.1. The van der Waals surface area contributed by atoms with Crippen molar-refractivity contribution in [3.63, 3.8) is 0 Å². The molecule has 0 aliphatic carbocycles. The SMILES string of the molecule is CC.CC(C)(C)c1ccccn1.CC(C)(C)c1ccn[nH]1.CC(C)(C)c1cnccn1.CC(C)(C)c1cscn1.CC(C)(C)c1ncccn1.CC(C)C.Cc1nccs1.c1cn[nH]c1. The first-order valence-electron chi connectivity index (χ1n) is 22.3. The van der Waals surface area contributed by atoms with E-state index >= 15 is 0 Å². The number of hydrogen-bond acceptors (Lipinski definition) is 11. The molecule has 0 atom stereocenters. The van der Waals surface area contributed by atoms with E-state index in [4.69, 9.17) is 0 Å². The summed E-state index contributed by atoms with van der Waals surface area (Å²) >= 11 is 3.32. The first-order valence-corrected chi connectivity index (χ1v) is 24.1. The predicted molar refractivity (Wildman–Crippen MR) is 280 cm³/mol. The van der Waals surface area contributed by atoms with Gasteiger partial charge in [-0.3, -0.25) is 30.1 Å². The molecule has 2 N–H and O–H groups in total. The minimum absolute atomic E-state index is 0.0707. The van der Waals surface area contributed by atoms with Crippen molar-refractivity contribution >= 4 is 22.7 Å². The van der Waals surface area contributed by atoms with Crippen molar-refractivity contribution in [2.24, 2.45) is 5.92 Å². The summed E-state index contributed by atoms with van der Waals surface area (Å²) in [4.78, 5) is 28.8. The van der Waals surface area contributed by atoms with Crippen LogP contribution in [0, 0.1) is 12.8 Å². The summed E-state index contributed by atoms with van der Waals surface area (Å²) in [5.74, 6) is 1.73. The Hall–Kier alpha value is -5.01. The second kappa shape index (κ2) is 32.6. The molecule has 0 saturated carbocycles. The predicted octanol–water partition coefficient (Wildman–Crippen LogP) is 14.6. The molecule has 0 bridgehead atoms. The molecule has 0 amide bonds. The van der Waals surface area contributed by atoms with Gasteiger partial charge in [0.25, 0.3) is 0 Å². The van der Waals surface area contributed by atoms with Gasteiger partial charge in [-0.05, 0) is 43.2 Å². The highest BCUT2D eigenvalue weighted by Gasteiger charge is 2.17. The second-order valence-corrected chi connectivity index (χ2v) is 21.8.